The number of hydrogen-bond acceptors (Lipinski definition) is 3. The first-order chi connectivity index (χ1) is 9.36. The van der Waals surface area contributed by atoms with Gasteiger partial charge in [-0.25, -0.2) is 0 Å². The molecule has 2 unspecified atom stereocenters. The Morgan fingerprint density at radius 2 is 1.95 bits per heavy atom. The van der Waals surface area contributed by atoms with E-state index in [0.717, 1.165) is 32.3 Å². The van der Waals surface area contributed by atoms with Crippen molar-refractivity contribution in [3.63, 3.8) is 0 Å². The van der Waals surface area contributed by atoms with Crippen LogP contribution in [-0.2, 0) is 9.47 Å². The van der Waals surface area contributed by atoms with Crippen LogP contribution in [0.5, 0.6) is 0 Å². The van der Waals surface area contributed by atoms with Crippen LogP contribution >= 0.6 is 0 Å². The molecule has 2 aliphatic heterocycles. The van der Waals surface area contributed by atoms with Gasteiger partial charge in [-0.15, -0.1) is 0 Å². The Morgan fingerprint density at radius 1 is 1.05 bits per heavy atom. The fourth-order valence-corrected chi connectivity index (χ4v) is 4.05. The van der Waals surface area contributed by atoms with Crippen LogP contribution in [0.1, 0.15) is 57.8 Å². The highest BCUT2D eigenvalue weighted by Gasteiger charge is 2.38. The fraction of sp³-hybridized carbons (Fsp3) is 1.00. The van der Waals surface area contributed by atoms with Crippen molar-refractivity contribution in [3.8, 4) is 0 Å². The first-order valence-corrected chi connectivity index (χ1v) is 8.31. The standard InChI is InChI=1S/C16H29NO2/c1-2-7-16(8-3-1)12-15(6-11-19-16)17-9-4-14-5-10-18-13-14/h14-15,17H,1-13H2. The highest BCUT2D eigenvalue weighted by molar-refractivity contribution is 4.92. The maximum absolute atomic E-state index is 6.16. The molecular weight excluding hydrogens is 238 g/mol. The molecular formula is C16H29NO2. The summed E-state index contributed by atoms with van der Waals surface area (Å²) in [5.74, 6) is 0.802. The molecule has 0 amide bonds. The minimum absolute atomic E-state index is 0.241. The third-order valence-electron chi connectivity index (χ3n) is 5.27. The van der Waals surface area contributed by atoms with Gasteiger partial charge in [-0.05, 0) is 51.0 Å². The molecule has 19 heavy (non-hydrogen) atoms. The zero-order valence-electron chi connectivity index (χ0n) is 12.2. The van der Waals surface area contributed by atoms with Crippen LogP contribution in [-0.4, -0.2) is 38.0 Å². The lowest BCUT2D eigenvalue weighted by Gasteiger charge is -2.43. The van der Waals surface area contributed by atoms with E-state index in [4.69, 9.17) is 9.47 Å². The average Bonchev–Trinajstić information content (AvgIpc) is 2.93. The first kappa shape index (κ1) is 13.8. The summed E-state index contributed by atoms with van der Waals surface area (Å²) >= 11 is 0. The van der Waals surface area contributed by atoms with Crippen LogP contribution in [0.25, 0.3) is 0 Å². The van der Waals surface area contributed by atoms with Crippen molar-refractivity contribution in [2.45, 2.75) is 69.4 Å². The van der Waals surface area contributed by atoms with Crippen LogP contribution in [0.15, 0.2) is 0 Å². The molecule has 2 atom stereocenters. The molecule has 3 nitrogen and oxygen atoms in total. The maximum atomic E-state index is 6.16. The summed E-state index contributed by atoms with van der Waals surface area (Å²) in [5, 5.41) is 3.78. The topological polar surface area (TPSA) is 30.5 Å². The predicted molar refractivity (Wildman–Crippen MR) is 76.3 cm³/mol. The largest absolute Gasteiger partial charge is 0.381 e. The molecule has 0 aromatic carbocycles. The molecule has 1 N–H and O–H groups in total. The van der Waals surface area contributed by atoms with Crippen LogP contribution < -0.4 is 5.32 Å². The van der Waals surface area contributed by atoms with E-state index in [0.29, 0.717) is 6.04 Å². The number of rotatable bonds is 4. The van der Waals surface area contributed by atoms with Crippen LogP contribution in [0.3, 0.4) is 0 Å². The van der Waals surface area contributed by atoms with Gasteiger partial charge in [-0.3, -0.25) is 0 Å². The van der Waals surface area contributed by atoms with Crippen molar-refractivity contribution in [3.05, 3.63) is 0 Å². The molecule has 0 radical (unpaired) electrons. The summed E-state index contributed by atoms with van der Waals surface area (Å²) in [7, 11) is 0. The van der Waals surface area contributed by atoms with E-state index in [2.05, 4.69) is 5.32 Å². The summed E-state index contributed by atoms with van der Waals surface area (Å²) in [6.07, 6.45) is 11.7. The lowest BCUT2D eigenvalue weighted by molar-refractivity contribution is -0.109. The molecule has 1 saturated carbocycles. The monoisotopic (exact) mass is 267 g/mol. The van der Waals surface area contributed by atoms with Crippen molar-refractivity contribution in [1.82, 2.24) is 5.32 Å². The molecule has 110 valence electrons. The van der Waals surface area contributed by atoms with E-state index in [-0.39, 0.29) is 5.60 Å². The average molecular weight is 267 g/mol. The second-order valence-electron chi connectivity index (χ2n) is 6.75. The van der Waals surface area contributed by atoms with Crippen LogP contribution in [0, 0.1) is 5.92 Å². The van der Waals surface area contributed by atoms with E-state index in [1.807, 2.05) is 0 Å². The Balaban J connectivity index is 1.40. The Labute approximate surface area is 117 Å². The first-order valence-electron chi connectivity index (χ1n) is 8.31. The SMILES string of the molecule is C1CCC2(CC1)CC(NCCC1CCOC1)CCO2. The zero-order valence-corrected chi connectivity index (χ0v) is 12.2. The summed E-state index contributed by atoms with van der Waals surface area (Å²) in [6.45, 7) is 4.09. The van der Waals surface area contributed by atoms with Gasteiger partial charge in [0.1, 0.15) is 0 Å². The van der Waals surface area contributed by atoms with Gasteiger partial charge >= 0.3 is 0 Å². The summed E-state index contributed by atoms with van der Waals surface area (Å²) in [6, 6.07) is 0.689. The Kier molecular flexibility index (Phi) is 4.78. The van der Waals surface area contributed by atoms with Crippen molar-refractivity contribution in [2.75, 3.05) is 26.4 Å². The predicted octanol–water partition coefficient (Wildman–Crippen LogP) is 2.88. The molecule has 1 spiro atoms. The molecule has 0 aromatic heterocycles. The summed E-state index contributed by atoms with van der Waals surface area (Å²) in [5.41, 5.74) is 0.241. The number of nitrogens with one attached hydrogen (secondary N) is 1. The Bertz CT molecular complexity index is 264. The van der Waals surface area contributed by atoms with E-state index >= 15 is 0 Å². The normalized spacial score (nSPS) is 34.7. The molecule has 2 saturated heterocycles. The molecule has 3 rings (SSSR count). The van der Waals surface area contributed by atoms with Crippen molar-refractivity contribution < 1.29 is 9.47 Å². The van der Waals surface area contributed by atoms with Crippen LogP contribution in [0.4, 0.5) is 0 Å². The zero-order chi connectivity index (χ0) is 13.0. The van der Waals surface area contributed by atoms with Gasteiger partial charge in [-0.2, -0.15) is 0 Å². The summed E-state index contributed by atoms with van der Waals surface area (Å²) in [4.78, 5) is 0. The van der Waals surface area contributed by atoms with Gasteiger partial charge in [0.2, 0.25) is 0 Å². The van der Waals surface area contributed by atoms with Gasteiger partial charge in [0.05, 0.1) is 5.60 Å². The van der Waals surface area contributed by atoms with E-state index in [9.17, 15) is 0 Å². The van der Waals surface area contributed by atoms with E-state index in [1.165, 1.54) is 57.8 Å². The van der Waals surface area contributed by atoms with E-state index in [1.54, 1.807) is 0 Å². The molecule has 1 aliphatic carbocycles. The minimum atomic E-state index is 0.241. The highest BCUT2D eigenvalue weighted by Crippen LogP contribution is 2.38. The van der Waals surface area contributed by atoms with Gasteiger partial charge in [0.25, 0.3) is 0 Å². The molecule has 3 fully saturated rings. The van der Waals surface area contributed by atoms with Gasteiger partial charge < -0.3 is 14.8 Å². The Hall–Kier alpha value is -0.120. The second-order valence-corrected chi connectivity index (χ2v) is 6.75. The van der Waals surface area contributed by atoms with Crippen molar-refractivity contribution in [2.24, 2.45) is 5.92 Å². The molecule has 0 bridgehead atoms. The molecule has 3 aliphatic rings. The molecule has 2 heterocycles. The Morgan fingerprint density at radius 3 is 2.74 bits per heavy atom. The third kappa shape index (κ3) is 3.71. The maximum Gasteiger partial charge on any atom is 0.0697 e. The second kappa shape index (κ2) is 6.55. The lowest BCUT2D eigenvalue weighted by Crippen LogP contribution is -2.48. The fourth-order valence-electron chi connectivity index (χ4n) is 4.05. The van der Waals surface area contributed by atoms with Crippen molar-refractivity contribution >= 4 is 0 Å². The van der Waals surface area contributed by atoms with Gasteiger partial charge in [0.15, 0.2) is 0 Å². The number of ether oxygens (including phenoxy) is 2. The quantitative estimate of drug-likeness (QED) is 0.849. The lowest BCUT2D eigenvalue weighted by atomic mass is 9.78. The van der Waals surface area contributed by atoms with Crippen molar-refractivity contribution in [1.29, 1.82) is 0 Å². The third-order valence-corrected chi connectivity index (χ3v) is 5.27. The van der Waals surface area contributed by atoms with Crippen LogP contribution in [0.2, 0.25) is 0 Å². The number of hydrogen-bond donors (Lipinski definition) is 1. The van der Waals surface area contributed by atoms with E-state index < -0.39 is 0 Å². The summed E-state index contributed by atoms with van der Waals surface area (Å²) < 4.78 is 11.6. The highest BCUT2D eigenvalue weighted by atomic mass is 16.5. The van der Waals surface area contributed by atoms with Gasteiger partial charge in [0, 0.05) is 25.9 Å². The minimum Gasteiger partial charge on any atom is -0.381 e. The molecule has 3 heteroatoms. The van der Waals surface area contributed by atoms with Gasteiger partial charge in [-0.1, -0.05) is 19.3 Å². The smallest absolute Gasteiger partial charge is 0.0697 e. The molecule has 0 aromatic rings.